The summed E-state index contributed by atoms with van der Waals surface area (Å²) in [6, 6.07) is 7.17. The van der Waals surface area contributed by atoms with E-state index >= 15 is 0 Å². The van der Waals surface area contributed by atoms with Crippen LogP contribution in [0.25, 0.3) is 10.9 Å². The van der Waals surface area contributed by atoms with Gasteiger partial charge in [-0.05, 0) is 12.1 Å². The minimum absolute atomic E-state index is 0.0243. The molecule has 0 spiro atoms. The van der Waals surface area contributed by atoms with E-state index in [1.165, 1.54) is 7.11 Å². The van der Waals surface area contributed by atoms with Gasteiger partial charge in [0.2, 0.25) is 0 Å². The molecule has 0 saturated heterocycles. The zero-order valence-electron chi connectivity index (χ0n) is 8.11. The van der Waals surface area contributed by atoms with Crippen LogP contribution in [-0.4, -0.2) is 18.4 Å². The van der Waals surface area contributed by atoms with Crippen molar-refractivity contribution in [1.29, 1.82) is 0 Å². The van der Waals surface area contributed by atoms with Crippen LogP contribution in [0.15, 0.2) is 29.1 Å². The minimum Gasteiger partial charge on any atom is -0.495 e. The summed E-state index contributed by atoms with van der Waals surface area (Å²) in [6.45, 7) is 0. The van der Waals surface area contributed by atoms with Crippen molar-refractivity contribution in [1.82, 2.24) is 4.98 Å². The standard InChI is InChI=1S/C11H9NO3/c1-15-10-7-4-2-3-5-9(7)12-11(14)8(10)6-13/h2-6H,1H3,(H,12,14). The molecule has 0 unspecified atom stereocenters. The van der Waals surface area contributed by atoms with Crippen LogP contribution >= 0.6 is 0 Å². The van der Waals surface area contributed by atoms with Crippen molar-refractivity contribution in [2.75, 3.05) is 7.11 Å². The molecule has 1 N–H and O–H groups in total. The number of nitrogens with one attached hydrogen (secondary N) is 1. The molecule has 1 heterocycles. The molecule has 0 atom stereocenters. The molecule has 4 nitrogen and oxygen atoms in total. The van der Waals surface area contributed by atoms with Gasteiger partial charge in [0.15, 0.2) is 6.29 Å². The summed E-state index contributed by atoms with van der Waals surface area (Å²) in [4.78, 5) is 24.8. The maximum atomic E-state index is 11.5. The average Bonchev–Trinajstić information content (AvgIpc) is 2.27. The van der Waals surface area contributed by atoms with E-state index in [9.17, 15) is 9.59 Å². The van der Waals surface area contributed by atoms with Gasteiger partial charge >= 0.3 is 0 Å². The van der Waals surface area contributed by atoms with E-state index in [0.29, 0.717) is 17.6 Å². The number of rotatable bonds is 2. The number of aromatic nitrogens is 1. The highest BCUT2D eigenvalue weighted by Crippen LogP contribution is 2.24. The third-order valence-corrected chi connectivity index (χ3v) is 2.23. The Labute approximate surface area is 85.5 Å². The quantitative estimate of drug-likeness (QED) is 0.749. The Morgan fingerprint density at radius 3 is 2.73 bits per heavy atom. The molecule has 15 heavy (non-hydrogen) atoms. The first-order valence-corrected chi connectivity index (χ1v) is 4.42. The van der Waals surface area contributed by atoms with Crippen molar-refractivity contribution in [2.45, 2.75) is 0 Å². The maximum Gasteiger partial charge on any atom is 0.262 e. The monoisotopic (exact) mass is 203 g/mol. The van der Waals surface area contributed by atoms with Crippen LogP contribution in [0.5, 0.6) is 5.75 Å². The van der Waals surface area contributed by atoms with E-state index in [4.69, 9.17) is 4.74 Å². The predicted octanol–water partition coefficient (Wildman–Crippen LogP) is 1.35. The van der Waals surface area contributed by atoms with Crippen molar-refractivity contribution in [3.63, 3.8) is 0 Å². The number of carbonyl (C=O) groups is 1. The summed E-state index contributed by atoms with van der Waals surface area (Å²) in [5.41, 5.74) is 0.252. The molecule has 0 fully saturated rings. The summed E-state index contributed by atoms with van der Waals surface area (Å²) in [5, 5.41) is 0.724. The number of hydrogen-bond donors (Lipinski definition) is 1. The summed E-state index contributed by atoms with van der Waals surface area (Å²) in [7, 11) is 1.44. The van der Waals surface area contributed by atoms with E-state index < -0.39 is 5.56 Å². The van der Waals surface area contributed by atoms with Gasteiger partial charge in [0.1, 0.15) is 11.3 Å². The lowest BCUT2D eigenvalue weighted by Crippen LogP contribution is -2.13. The summed E-state index contributed by atoms with van der Waals surface area (Å²) >= 11 is 0. The lowest BCUT2D eigenvalue weighted by molar-refractivity contribution is 0.111. The first kappa shape index (κ1) is 9.45. The van der Waals surface area contributed by atoms with Gasteiger partial charge in [0, 0.05) is 5.39 Å². The number of benzene rings is 1. The van der Waals surface area contributed by atoms with Crippen LogP contribution in [0.3, 0.4) is 0 Å². The number of ether oxygens (including phenoxy) is 1. The third kappa shape index (κ3) is 1.40. The van der Waals surface area contributed by atoms with Gasteiger partial charge in [-0.25, -0.2) is 0 Å². The Hall–Kier alpha value is -2.10. The highest BCUT2D eigenvalue weighted by Gasteiger charge is 2.11. The Kier molecular flexibility index (Phi) is 2.25. The molecular weight excluding hydrogens is 194 g/mol. The zero-order chi connectivity index (χ0) is 10.8. The molecule has 1 aromatic carbocycles. The molecule has 0 amide bonds. The number of hydrogen-bond acceptors (Lipinski definition) is 3. The van der Waals surface area contributed by atoms with Gasteiger partial charge in [-0.3, -0.25) is 9.59 Å². The summed E-state index contributed by atoms with van der Waals surface area (Å²) in [6.07, 6.45) is 0.504. The van der Waals surface area contributed by atoms with Gasteiger partial charge in [0.25, 0.3) is 5.56 Å². The highest BCUT2D eigenvalue weighted by atomic mass is 16.5. The van der Waals surface area contributed by atoms with Crippen LogP contribution in [0, 0.1) is 0 Å². The Morgan fingerprint density at radius 2 is 2.07 bits per heavy atom. The SMILES string of the molecule is COc1c(C=O)c(=O)[nH]c2ccccc12. The van der Waals surface area contributed by atoms with E-state index in [1.54, 1.807) is 18.2 Å². The second kappa shape index (κ2) is 3.57. The molecule has 1 aromatic heterocycles. The van der Waals surface area contributed by atoms with Gasteiger partial charge in [0.05, 0.1) is 12.6 Å². The van der Waals surface area contributed by atoms with Crippen molar-refractivity contribution in [3.8, 4) is 5.75 Å². The molecule has 0 saturated carbocycles. The molecule has 0 aliphatic heterocycles. The summed E-state index contributed by atoms with van der Waals surface area (Å²) in [5.74, 6) is 0.323. The number of carbonyl (C=O) groups excluding carboxylic acids is 1. The lowest BCUT2D eigenvalue weighted by atomic mass is 10.1. The van der Waals surface area contributed by atoms with Crippen LogP contribution in [0.2, 0.25) is 0 Å². The van der Waals surface area contributed by atoms with Crippen molar-refractivity contribution in [3.05, 3.63) is 40.2 Å². The number of methoxy groups -OCH3 is 1. The average molecular weight is 203 g/mol. The van der Waals surface area contributed by atoms with Crippen molar-refractivity contribution in [2.24, 2.45) is 0 Å². The first-order valence-electron chi connectivity index (χ1n) is 4.42. The molecule has 0 radical (unpaired) electrons. The van der Waals surface area contributed by atoms with E-state index in [-0.39, 0.29) is 5.56 Å². The first-order chi connectivity index (χ1) is 7.27. The number of para-hydroxylation sites is 1. The van der Waals surface area contributed by atoms with Crippen LogP contribution < -0.4 is 10.3 Å². The summed E-state index contributed by atoms with van der Waals surface area (Å²) < 4.78 is 5.08. The van der Waals surface area contributed by atoms with Crippen LogP contribution in [0.1, 0.15) is 10.4 Å². The normalized spacial score (nSPS) is 10.2. The number of aldehydes is 1. The van der Waals surface area contributed by atoms with E-state index in [0.717, 1.165) is 5.39 Å². The fourth-order valence-corrected chi connectivity index (χ4v) is 1.55. The molecule has 0 bridgehead atoms. The molecule has 2 rings (SSSR count). The molecule has 4 heteroatoms. The zero-order valence-corrected chi connectivity index (χ0v) is 8.11. The maximum absolute atomic E-state index is 11.5. The lowest BCUT2D eigenvalue weighted by Gasteiger charge is -2.06. The van der Waals surface area contributed by atoms with E-state index in [2.05, 4.69) is 4.98 Å². The van der Waals surface area contributed by atoms with Crippen LogP contribution in [0.4, 0.5) is 0 Å². The molecule has 0 aliphatic carbocycles. The Morgan fingerprint density at radius 1 is 1.33 bits per heavy atom. The van der Waals surface area contributed by atoms with E-state index in [1.807, 2.05) is 6.07 Å². The van der Waals surface area contributed by atoms with Crippen LogP contribution in [-0.2, 0) is 0 Å². The number of pyridine rings is 1. The third-order valence-electron chi connectivity index (χ3n) is 2.23. The Balaban J connectivity index is 2.97. The topological polar surface area (TPSA) is 59.2 Å². The minimum atomic E-state index is -0.430. The second-order valence-electron chi connectivity index (χ2n) is 3.06. The van der Waals surface area contributed by atoms with Gasteiger partial charge in [-0.15, -0.1) is 0 Å². The fraction of sp³-hybridized carbons (Fsp3) is 0.0909. The van der Waals surface area contributed by atoms with Gasteiger partial charge < -0.3 is 9.72 Å². The van der Waals surface area contributed by atoms with Crippen molar-refractivity contribution < 1.29 is 9.53 Å². The number of H-pyrrole nitrogens is 1. The van der Waals surface area contributed by atoms with Gasteiger partial charge in [-0.2, -0.15) is 0 Å². The smallest absolute Gasteiger partial charge is 0.262 e. The molecule has 2 aromatic rings. The number of aromatic amines is 1. The highest BCUT2D eigenvalue weighted by molar-refractivity contribution is 5.93. The van der Waals surface area contributed by atoms with Crippen molar-refractivity contribution >= 4 is 17.2 Å². The molecule has 0 aliphatic rings. The number of fused-ring (bicyclic) bond motifs is 1. The molecular formula is C11H9NO3. The predicted molar refractivity (Wildman–Crippen MR) is 56.5 cm³/mol. The Bertz CT molecular complexity index is 572. The molecule has 76 valence electrons. The largest absolute Gasteiger partial charge is 0.495 e. The van der Waals surface area contributed by atoms with Gasteiger partial charge in [-0.1, -0.05) is 12.1 Å². The fourth-order valence-electron chi connectivity index (χ4n) is 1.55. The second-order valence-corrected chi connectivity index (χ2v) is 3.06.